The van der Waals surface area contributed by atoms with Crippen LogP contribution in [0.4, 0.5) is 105 Å². The van der Waals surface area contributed by atoms with Gasteiger partial charge in [-0.2, -0.15) is 132 Å². The van der Waals surface area contributed by atoms with Crippen molar-refractivity contribution in [2.45, 2.75) is 56.0 Å². The number of rotatable bonds is 8. The third kappa shape index (κ3) is 13.4. The quantitative estimate of drug-likeness (QED) is 0.0488. The molecule has 0 aliphatic heterocycles. The summed E-state index contributed by atoms with van der Waals surface area (Å²) in [5, 5.41) is 6.16. The zero-order chi connectivity index (χ0) is 66.1. The van der Waals surface area contributed by atoms with E-state index in [1.54, 1.807) is 0 Å². The number of pyridine rings is 1. The summed E-state index contributed by atoms with van der Waals surface area (Å²) in [5.74, 6) is 0.0516. The van der Waals surface area contributed by atoms with E-state index in [0.29, 0.717) is 6.54 Å². The van der Waals surface area contributed by atoms with Gasteiger partial charge in [0.05, 0.1) is 49.9 Å². The smallest absolute Gasteiger partial charge is 0.282 e. The van der Waals surface area contributed by atoms with Crippen LogP contribution in [-0.4, -0.2) is 11.9 Å². The van der Waals surface area contributed by atoms with Crippen molar-refractivity contribution >= 4 is 66.1 Å². The lowest BCUT2D eigenvalue weighted by Crippen LogP contribution is -2.75. The van der Waals surface area contributed by atoms with Crippen molar-refractivity contribution in [2.24, 2.45) is 0 Å². The predicted octanol–water partition coefficient (Wildman–Crippen LogP) is 17.9. The molecular weight excluding hydrogens is 1250 g/mol. The van der Waals surface area contributed by atoms with Crippen LogP contribution < -0.4 is 26.4 Å². The number of carbonyl (C=O) groups excluding carboxylic acids is 1. The van der Waals surface area contributed by atoms with Crippen LogP contribution in [0.25, 0.3) is 32.3 Å². The summed E-state index contributed by atoms with van der Waals surface area (Å²) < 4.78 is 343. The number of aromatic nitrogens is 1. The Hall–Kier alpha value is -9.04. The minimum absolute atomic E-state index is 0.0516. The Kier molecular flexibility index (Phi) is 16.8. The van der Waals surface area contributed by atoms with E-state index in [2.05, 4.69) is 65.2 Å². The molecule has 1 aromatic heterocycles. The molecule has 0 atom stereocenters. The molecule has 10 rings (SSSR count). The fraction of sp³-hybridized carbons (Fsp3) is 0.143. The zero-order valence-corrected chi connectivity index (χ0v) is 44.7. The average Bonchev–Trinajstić information content (AvgIpc) is 0.717. The molecule has 1 heterocycles. The number of benzene rings is 9. The lowest BCUT2D eigenvalue weighted by molar-refractivity contribution is -0.688. The molecule has 27 heteroatoms. The SMILES string of the molecule is FC(F)(F)c1cc([B-](c2cc(C(F)(F)F)cc(C(F)(F)F)c2)(c2cc(C(F)(F)F)cc(C(F)(F)F)c2)c2cc(C(F)(F)F)cc(C(F)(F)F)c2)cc(C(F)(F)F)c1.O=C(c1c2ccccc2cc2ccccc12)c1c2ccccc2cc[n+]1Cc1ccccc1. The molecule has 0 aliphatic rings. The summed E-state index contributed by atoms with van der Waals surface area (Å²) in [6, 6.07) is 30.2. The van der Waals surface area contributed by atoms with Crippen molar-refractivity contribution in [3.05, 3.63) is 256 Å². The van der Waals surface area contributed by atoms with Gasteiger partial charge in [0.2, 0.25) is 0 Å². The van der Waals surface area contributed by atoms with Gasteiger partial charge in [0.15, 0.2) is 12.7 Å². The Morgan fingerprint density at radius 1 is 0.300 bits per heavy atom. The molecule has 0 N–H and O–H groups in total. The van der Waals surface area contributed by atoms with Crippen LogP contribution >= 0.6 is 0 Å². The molecule has 0 radical (unpaired) electrons. The summed E-state index contributed by atoms with van der Waals surface area (Å²) >= 11 is 0. The highest BCUT2D eigenvalue weighted by atomic mass is 19.4. The van der Waals surface area contributed by atoms with Gasteiger partial charge in [-0.3, -0.25) is 4.79 Å². The maximum absolute atomic E-state index is 14.5. The van der Waals surface area contributed by atoms with Crippen LogP contribution in [0.15, 0.2) is 194 Å². The molecule has 9 aromatic carbocycles. The topological polar surface area (TPSA) is 20.9 Å². The first-order valence-corrected chi connectivity index (χ1v) is 25.8. The lowest BCUT2D eigenvalue weighted by atomic mass is 9.12. The molecule has 0 fully saturated rings. The first-order chi connectivity index (χ1) is 41.6. The molecule has 0 unspecified atom stereocenters. The van der Waals surface area contributed by atoms with E-state index in [1.165, 1.54) is 0 Å². The maximum Gasteiger partial charge on any atom is 0.416 e. The Labute approximate surface area is 491 Å². The largest absolute Gasteiger partial charge is 0.416 e. The number of alkyl halides is 24. The van der Waals surface area contributed by atoms with E-state index in [1.807, 2.05) is 60.8 Å². The van der Waals surface area contributed by atoms with E-state index in [0.717, 1.165) is 49.1 Å². The Morgan fingerprint density at radius 3 is 0.867 bits per heavy atom. The summed E-state index contributed by atoms with van der Waals surface area (Å²) in [5.41, 5.74) is -27.6. The van der Waals surface area contributed by atoms with Gasteiger partial charge in [-0.25, -0.2) is 0 Å². The van der Waals surface area contributed by atoms with Gasteiger partial charge in [0.25, 0.3) is 11.5 Å². The van der Waals surface area contributed by atoms with Crippen LogP contribution in [0, 0.1) is 0 Å². The molecule has 0 bridgehead atoms. The molecule has 0 saturated carbocycles. The van der Waals surface area contributed by atoms with Crippen molar-refractivity contribution in [3.8, 4) is 0 Å². The molecule has 0 saturated heterocycles. The first-order valence-electron chi connectivity index (χ1n) is 25.8. The average molecular weight is 1290 g/mol. The van der Waals surface area contributed by atoms with E-state index >= 15 is 0 Å². The number of nitrogens with zero attached hydrogens (tertiary/aromatic N) is 1. The van der Waals surface area contributed by atoms with Crippen LogP contribution in [0.2, 0.25) is 0 Å². The Bertz CT molecular complexity index is 3870. The van der Waals surface area contributed by atoms with Gasteiger partial charge in [-0.1, -0.05) is 146 Å². The van der Waals surface area contributed by atoms with Crippen molar-refractivity contribution in [3.63, 3.8) is 0 Å². The van der Waals surface area contributed by atoms with Gasteiger partial charge >= 0.3 is 49.4 Å². The normalized spacial score (nSPS) is 13.2. The highest BCUT2D eigenvalue weighted by Crippen LogP contribution is 2.42. The molecule has 468 valence electrons. The van der Waals surface area contributed by atoms with Crippen molar-refractivity contribution in [2.75, 3.05) is 0 Å². The molecule has 10 aromatic rings. The van der Waals surface area contributed by atoms with Gasteiger partial charge in [0, 0.05) is 17.2 Å². The van der Waals surface area contributed by atoms with E-state index in [-0.39, 0.29) is 5.78 Å². The summed E-state index contributed by atoms with van der Waals surface area (Å²) in [6.45, 7) is 0.634. The molecule has 2 nitrogen and oxygen atoms in total. The minimum atomic E-state index is -6.13. The van der Waals surface area contributed by atoms with Gasteiger partial charge in [0.1, 0.15) is 6.15 Å². The van der Waals surface area contributed by atoms with Crippen LogP contribution in [-0.2, 0) is 56.0 Å². The van der Waals surface area contributed by atoms with Gasteiger partial charge in [-0.15, -0.1) is 0 Å². The standard InChI is InChI=1S/C32H12BF24.C31H22NO/c34-25(35,36)13-1-14(26(37,38)39)6-21(5-13)33(22-7-15(27(40,41)42)2-16(8-22)28(43,44)45,23-9-17(29(46,47)48)3-18(10-23)30(49,50)51)24-11-19(31(52,53)54)4-20(12-24)32(55,56)57;33-31(29-26-15-7-5-13-24(26)20-25-14-6-8-16-27(25)29)30-28-17-9-4-12-23(28)18-19-32(30)21-22-10-2-1-3-11-22/h1-12H;1-20H,21H2/q-1;+1. The van der Waals surface area contributed by atoms with Crippen molar-refractivity contribution in [1.29, 1.82) is 0 Å². The summed E-state index contributed by atoms with van der Waals surface area (Å²) in [4.78, 5) is 14.5. The molecule has 0 spiro atoms. The Morgan fingerprint density at radius 2 is 0.567 bits per heavy atom. The van der Waals surface area contributed by atoms with Crippen LogP contribution in [0.5, 0.6) is 0 Å². The van der Waals surface area contributed by atoms with E-state index < -0.39 is 195 Å². The highest BCUT2D eigenvalue weighted by Gasteiger charge is 2.47. The number of hydrogen-bond donors (Lipinski definition) is 0. The summed E-state index contributed by atoms with van der Waals surface area (Å²) in [7, 11) is 0. The fourth-order valence-electron chi connectivity index (χ4n) is 10.9. The molecule has 90 heavy (non-hydrogen) atoms. The van der Waals surface area contributed by atoms with Crippen LogP contribution in [0.3, 0.4) is 0 Å². The highest BCUT2D eigenvalue weighted by molar-refractivity contribution is 7.20. The number of ketones is 1. The second-order valence-electron chi connectivity index (χ2n) is 20.6. The molecule has 0 aliphatic carbocycles. The predicted molar refractivity (Wildman–Crippen MR) is 285 cm³/mol. The molecular formula is C63H34BF24NO. The lowest BCUT2D eigenvalue weighted by Gasteiger charge is -2.46. The Balaban J connectivity index is 0.000000244. The number of fused-ring (bicyclic) bond motifs is 3. The third-order valence-electron chi connectivity index (χ3n) is 14.8. The second-order valence-corrected chi connectivity index (χ2v) is 20.6. The minimum Gasteiger partial charge on any atom is -0.282 e. The van der Waals surface area contributed by atoms with Crippen LogP contribution in [0.1, 0.15) is 66.1 Å². The van der Waals surface area contributed by atoms with Gasteiger partial charge in [-0.05, 0) is 63.3 Å². The first kappa shape index (κ1) is 65.4. The van der Waals surface area contributed by atoms with E-state index in [9.17, 15) is 110 Å². The number of carbonyl (C=O) groups is 1. The molecule has 0 amide bonds. The fourth-order valence-corrected chi connectivity index (χ4v) is 10.9. The second kappa shape index (κ2) is 23.1. The monoisotopic (exact) mass is 1290 g/mol. The zero-order valence-electron chi connectivity index (χ0n) is 44.7. The van der Waals surface area contributed by atoms with Crippen molar-refractivity contribution in [1.82, 2.24) is 0 Å². The third-order valence-corrected chi connectivity index (χ3v) is 14.8. The van der Waals surface area contributed by atoms with Gasteiger partial charge < -0.3 is 0 Å². The van der Waals surface area contributed by atoms with Crippen molar-refractivity contribution < 1.29 is 115 Å². The summed E-state index contributed by atoms with van der Waals surface area (Å²) in [6.07, 6.45) is -52.8. The van der Waals surface area contributed by atoms with E-state index in [4.69, 9.17) is 0 Å². The maximum atomic E-state index is 14.5. The number of hydrogen-bond acceptors (Lipinski definition) is 1. The number of halogens is 24.